The molecule has 2 heterocycles. The van der Waals surface area contributed by atoms with Crippen molar-refractivity contribution in [1.29, 1.82) is 0 Å². The average molecular weight is 408 g/mol. The third-order valence-corrected chi connectivity index (χ3v) is 4.74. The molecule has 1 N–H and O–H groups in total. The molecule has 0 unspecified atom stereocenters. The lowest BCUT2D eigenvalue weighted by Crippen LogP contribution is -2.16. The zero-order valence-corrected chi connectivity index (χ0v) is 15.5. The largest absolute Gasteiger partial charge is 0.469 e. The summed E-state index contributed by atoms with van der Waals surface area (Å²) in [6, 6.07) is 3.45. The summed E-state index contributed by atoms with van der Waals surface area (Å²) in [4.78, 5) is 12.1. The number of thioether (sulfide) groups is 1. The highest BCUT2D eigenvalue weighted by Gasteiger charge is 2.19. The maximum absolute atomic E-state index is 13.7. The van der Waals surface area contributed by atoms with Crippen molar-refractivity contribution in [2.45, 2.75) is 18.6 Å². The van der Waals surface area contributed by atoms with Gasteiger partial charge in [0.05, 0.1) is 23.3 Å². The number of hydrogen-bond donors (Lipinski definition) is 1. The Bertz CT molecular complexity index is 1030. The van der Waals surface area contributed by atoms with Crippen molar-refractivity contribution >= 4 is 23.4 Å². The number of rotatable bonds is 7. The lowest BCUT2D eigenvalue weighted by molar-refractivity contribution is -0.113. The van der Waals surface area contributed by atoms with E-state index in [-0.39, 0.29) is 5.75 Å². The normalized spacial score (nSPS) is 10.9. The molecule has 0 aliphatic heterocycles. The molecule has 0 bridgehead atoms. The molecular weight excluding hydrogens is 393 g/mol. The van der Waals surface area contributed by atoms with Crippen LogP contribution in [0.3, 0.4) is 0 Å². The predicted molar refractivity (Wildman–Crippen MR) is 98.3 cm³/mol. The van der Waals surface area contributed by atoms with Crippen molar-refractivity contribution in [1.82, 2.24) is 14.8 Å². The zero-order chi connectivity index (χ0) is 20.3. The first-order chi connectivity index (χ1) is 13.4. The number of allylic oxidation sites excluding steroid dienone is 1. The van der Waals surface area contributed by atoms with E-state index in [0.717, 1.165) is 29.5 Å². The molecule has 1 amide bonds. The lowest BCUT2D eigenvalue weighted by Gasteiger charge is -2.08. The number of nitrogens with zero attached hydrogens (tertiary/aromatic N) is 3. The third kappa shape index (κ3) is 3.96. The zero-order valence-electron chi connectivity index (χ0n) is 14.7. The monoisotopic (exact) mass is 408 g/mol. The first-order valence-corrected chi connectivity index (χ1v) is 9.05. The van der Waals surface area contributed by atoms with Crippen LogP contribution in [0.25, 0.3) is 11.4 Å². The fourth-order valence-corrected chi connectivity index (χ4v) is 3.19. The van der Waals surface area contributed by atoms with E-state index >= 15 is 0 Å². The van der Waals surface area contributed by atoms with Gasteiger partial charge in [-0.2, -0.15) is 0 Å². The van der Waals surface area contributed by atoms with Crippen molar-refractivity contribution in [2.75, 3.05) is 11.1 Å². The van der Waals surface area contributed by atoms with Crippen LogP contribution in [0.5, 0.6) is 0 Å². The second-order valence-electron chi connectivity index (χ2n) is 5.66. The number of halogens is 3. The number of hydrogen-bond acceptors (Lipinski definition) is 5. The van der Waals surface area contributed by atoms with Crippen LogP contribution in [0.2, 0.25) is 0 Å². The lowest BCUT2D eigenvalue weighted by atomic mass is 10.2. The van der Waals surface area contributed by atoms with E-state index in [0.29, 0.717) is 23.3 Å². The Labute approximate surface area is 162 Å². The fourth-order valence-electron chi connectivity index (χ4n) is 2.44. The maximum atomic E-state index is 13.7. The van der Waals surface area contributed by atoms with Crippen molar-refractivity contribution in [3.8, 4) is 11.4 Å². The Balaban J connectivity index is 1.73. The van der Waals surface area contributed by atoms with Gasteiger partial charge < -0.3 is 9.73 Å². The van der Waals surface area contributed by atoms with Gasteiger partial charge in [0, 0.05) is 6.54 Å². The van der Waals surface area contributed by atoms with Gasteiger partial charge in [-0.3, -0.25) is 9.36 Å². The molecular formula is C18H15F3N4O2S. The Morgan fingerprint density at radius 1 is 1.29 bits per heavy atom. The van der Waals surface area contributed by atoms with Crippen molar-refractivity contribution in [3.63, 3.8) is 0 Å². The number of anilines is 1. The van der Waals surface area contributed by atoms with Gasteiger partial charge in [-0.15, -0.1) is 16.8 Å². The van der Waals surface area contributed by atoms with E-state index in [1.165, 1.54) is 6.26 Å². The second kappa shape index (κ2) is 8.34. The highest BCUT2D eigenvalue weighted by atomic mass is 32.2. The maximum Gasteiger partial charge on any atom is 0.234 e. The summed E-state index contributed by atoms with van der Waals surface area (Å²) < 4.78 is 46.9. The smallest absolute Gasteiger partial charge is 0.234 e. The van der Waals surface area contributed by atoms with Gasteiger partial charge in [0.2, 0.25) is 5.91 Å². The first-order valence-electron chi connectivity index (χ1n) is 8.07. The molecule has 10 heteroatoms. The van der Waals surface area contributed by atoms with Gasteiger partial charge in [-0.05, 0) is 25.1 Å². The molecule has 0 atom stereocenters. The van der Waals surface area contributed by atoms with E-state index in [9.17, 15) is 18.0 Å². The van der Waals surface area contributed by atoms with Crippen LogP contribution in [-0.2, 0) is 11.3 Å². The summed E-state index contributed by atoms with van der Waals surface area (Å²) in [5.74, 6) is -3.95. The number of carbonyl (C=O) groups is 1. The van der Waals surface area contributed by atoms with Gasteiger partial charge in [0.15, 0.2) is 28.4 Å². The number of nitrogens with one attached hydrogen (secondary N) is 1. The van der Waals surface area contributed by atoms with Crippen molar-refractivity contribution in [2.24, 2.45) is 0 Å². The van der Waals surface area contributed by atoms with Crippen molar-refractivity contribution in [3.05, 3.63) is 60.3 Å². The molecule has 146 valence electrons. The molecule has 0 fully saturated rings. The molecule has 6 nitrogen and oxygen atoms in total. The SMILES string of the molecule is C=CCn1c(SCC(=O)Nc2ccc(F)c(F)c2F)nnc1-c1ccoc1C. The van der Waals surface area contributed by atoms with Crippen LogP contribution in [-0.4, -0.2) is 26.4 Å². The standard InChI is InChI=1S/C18H15F3N4O2S/c1-3-7-25-17(11-6-8-27-10(11)2)23-24-18(25)28-9-14(26)22-13-5-4-12(19)15(20)16(13)21/h3-6,8H,1,7,9H2,2H3,(H,22,26). The van der Waals surface area contributed by atoms with Crippen LogP contribution < -0.4 is 5.32 Å². The third-order valence-electron chi connectivity index (χ3n) is 3.77. The minimum absolute atomic E-state index is 0.141. The Hall–Kier alpha value is -3.01. The van der Waals surface area contributed by atoms with E-state index < -0.39 is 29.0 Å². The molecule has 0 aliphatic carbocycles. The summed E-state index contributed by atoms with van der Waals surface area (Å²) in [5.41, 5.74) is 0.321. The Morgan fingerprint density at radius 3 is 2.75 bits per heavy atom. The van der Waals surface area contributed by atoms with Gasteiger partial charge >= 0.3 is 0 Å². The predicted octanol–water partition coefficient (Wildman–Crippen LogP) is 4.18. The first kappa shape index (κ1) is 19.7. The van der Waals surface area contributed by atoms with E-state index in [4.69, 9.17) is 4.42 Å². The number of aromatic nitrogens is 3. The Kier molecular flexibility index (Phi) is 5.88. The Morgan fingerprint density at radius 2 is 2.07 bits per heavy atom. The highest BCUT2D eigenvalue weighted by molar-refractivity contribution is 7.99. The second-order valence-corrected chi connectivity index (χ2v) is 6.60. The number of amides is 1. The molecule has 28 heavy (non-hydrogen) atoms. The molecule has 2 aromatic heterocycles. The van der Waals surface area contributed by atoms with E-state index in [1.54, 1.807) is 23.6 Å². The molecule has 0 aliphatic rings. The van der Waals surface area contributed by atoms with Crippen LogP contribution in [0.15, 0.2) is 46.7 Å². The molecule has 0 radical (unpaired) electrons. The van der Waals surface area contributed by atoms with Crippen LogP contribution in [0.4, 0.5) is 18.9 Å². The summed E-state index contributed by atoms with van der Waals surface area (Å²) in [6.45, 7) is 5.89. The van der Waals surface area contributed by atoms with Gasteiger partial charge in [0.25, 0.3) is 0 Å². The molecule has 3 aromatic rings. The van der Waals surface area contributed by atoms with E-state index in [1.807, 2.05) is 0 Å². The summed E-state index contributed by atoms with van der Waals surface area (Å²) in [6.07, 6.45) is 3.19. The van der Waals surface area contributed by atoms with Crippen LogP contribution in [0.1, 0.15) is 5.76 Å². The average Bonchev–Trinajstić information content (AvgIpc) is 3.26. The molecule has 1 aromatic carbocycles. The summed E-state index contributed by atoms with van der Waals surface area (Å²) >= 11 is 1.06. The van der Waals surface area contributed by atoms with E-state index in [2.05, 4.69) is 22.1 Å². The quantitative estimate of drug-likeness (QED) is 0.361. The molecule has 0 saturated heterocycles. The minimum atomic E-state index is -1.64. The number of aryl methyl sites for hydroxylation is 1. The van der Waals surface area contributed by atoms with Crippen LogP contribution in [0, 0.1) is 24.4 Å². The number of furan rings is 1. The summed E-state index contributed by atoms with van der Waals surface area (Å²) in [5, 5.41) is 10.9. The van der Waals surface area contributed by atoms with Gasteiger partial charge in [-0.25, -0.2) is 13.2 Å². The van der Waals surface area contributed by atoms with Crippen LogP contribution >= 0.6 is 11.8 Å². The highest BCUT2D eigenvalue weighted by Crippen LogP contribution is 2.27. The number of carbonyl (C=O) groups excluding carboxylic acids is 1. The van der Waals surface area contributed by atoms with Gasteiger partial charge in [0.1, 0.15) is 5.76 Å². The fraction of sp³-hybridized carbons (Fsp3) is 0.167. The number of benzene rings is 1. The molecule has 0 spiro atoms. The van der Waals surface area contributed by atoms with Crippen molar-refractivity contribution < 1.29 is 22.4 Å². The minimum Gasteiger partial charge on any atom is -0.469 e. The van der Waals surface area contributed by atoms with Gasteiger partial charge in [-0.1, -0.05) is 17.8 Å². The summed E-state index contributed by atoms with van der Waals surface area (Å²) in [7, 11) is 0. The molecule has 0 saturated carbocycles. The topological polar surface area (TPSA) is 73.0 Å². The molecule has 3 rings (SSSR count).